The Hall–Kier alpha value is -3.23. The normalized spacial score (nSPS) is 12.1. The first kappa shape index (κ1) is 19.7. The average Bonchev–Trinajstić information content (AvgIpc) is 3.59. The van der Waals surface area contributed by atoms with E-state index < -0.39 is 0 Å². The van der Waals surface area contributed by atoms with Gasteiger partial charge in [-0.25, -0.2) is 0 Å². The Kier molecular flexibility index (Phi) is 5.90. The second-order valence-electron chi connectivity index (χ2n) is 6.87. The number of nitrogens with zero attached hydrogens (tertiary/aromatic N) is 5. The van der Waals surface area contributed by atoms with Crippen molar-refractivity contribution in [2.75, 3.05) is 0 Å². The van der Waals surface area contributed by atoms with Gasteiger partial charge in [-0.15, -0.1) is 21.5 Å². The molecule has 0 N–H and O–H groups in total. The third-order valence-electron chi connectivity index (χ3n) is 4.78. The SMILES string of the molecule is c1ccc(-c2noc(C(Sc3nncn3CCc3cccs3)c3ccccc3)n2)cc1. The van der Waals surface area contributed by atoms with E-state index in [4.69, 9.17) is 9.51 Å². The van der Waals surface area contributed by atoms with Crippen LogP contribution in [0, 0.1) is 0 Å². The molecule has 1 atom stereocenters. The highest BCUT2D eigenvalue weighted by Crippen LogP contribution is 2.39. The first-order valence-electron chi connectivity index (χ1n) is 9.87. The van der Waals surface area contributed by atoms with Crippen molar-refractivity contribution in [1.82, 2.24) is 24.9 Å². The van der Waals surface area contributed by atoms with Crippen LogP contribution in [0.15, 0.2) is 94.2 Å². The zero-order chi connectivity index (χ0) is 20.9. The van der Waals surface area contributed by atoms with Gasteiger partial charge in [-0.2, -0.15) is 4.98 Å². The molecule has 0 spiro atoms. The Morgan fingerprint density at radius 2 is 1.77 bits per heavy atom. The summed E-state index contributed by atoms with van der Waals surface area (Å²) in [6.07, 6.45) is 2.72. The molecule has 0 radical (unpaired) electrons. The molecule has 0 amide bonds. The van der Waals surface area contributed by atoms with E-state index in [9.17, 15) is 0 Å². The average molecular weight is 446 g/mol. The molecule has 1 unspecified atom stereocenters. The summed E-state index contributed by atoms with van der Waals surface area (Å²) in [4.78, 5) is 6.04. The molecular formula is C23H19N5OS2. The summed E-state index contributed by atoms with van der Waals surface area (Å²) < 4.78 is 7.78. The number of hydrogen-bond donors (Lipinski definition) is 0. The summed E-state index contributed by atoms with van der Waals surface area (Å²) in [6, 6.07) is 24.2. The lowest BCUT2D eigenvalue weighted by Crippen LogP contribution is -2.04. The minimum Gasteiger partial charge on any atom is -0.337 e. The number of aromatic nitrogens is 5. The number of rotatable bonds is 8. The molecule has 3 heterocycles. The Labute approximate surface area is 188 Å². The van der Waals surface area contributed by atoms with Gasteiger partial charge in [0.1, 0.15) is 11.6 Å². The third kappa shape index (κ3) is 4.60. The molecule has 0 saturated carbocycles. The summed E-state index contributed by atoms with van der Waals surface area (Å²) in [5.41, 5.74) is 2.00. The lowest BCUT2D eigenvalue weighted by Gasteiger charge is -2.13. The highest BCUT2D eigenvalue weighted by Gasteiger charge is 2.25. The first-order chi connectivity index (χ1) is 15.4. The molecule has 3 aromatic heterocycles. The van der Waals surface area contributed by atoms with Crippen molar-refractivity contribution >= 4 is 23.1 Å². The van der Waals surface area contributed by atoms with E-state index in [-0.39, 0.29) is 5.25 Å². The predicted octanol–water partition coefficient (Wildman–Crippen LogP) is 5.51. The van der Waals surface area contributed by atoms with Gasteiger partial charge in [0.05, 0.1) is 0 Å². The summed E-state index contributed by atoms with van der Waals surface area (Å²) in [7, 11) is 0. The quantitative estimate of drug-likeness (QED) is 0.293. The van der Waals surface area contributed by atoms with E-state index in [1.54, 1.807) is 29.4 Å². The van der Waals surface area contributed by atoms with Crippen molar-refractivity contribution in [3.8, 4) is 11.4 Å². The third-order valence-corrected chi connectivity index (χ3v) is 6.96. The standard InChI is InChI=1S/C23H19N5OS2/c1-3-8-17(9-4-1)20(22-25-21(27-29-22)18-10-5-2-6-11-18)31-23-26-24-16-28(23)14-13-19-12-7-15-30-19/h1-12,15-16,20H,13-14H2. The summed E-state index contributed by atoms with van der Waals surface area (Å²) in [6.45, 7) is 0.816. The molecule has 6 nitrogen and oxygen atoms in total. The second kappa shape index (κ2) is 9.28. The topological polar surface area (TPSA) is 69.6 Å². The maximum absolute atomic E-state index is 5.71. The zero-order valence-corrected chi connectivity index (χ0v) is 18.2. The summed E-state index contributed by atoms with van der Waals surface area (Å²) in [5.74, 6) is 1.12. The number of thioether (sulfide) groups is 1. The monoisotopic (exact) mass is 445 g/mol. The molecule has 0 aliphatic heterocycles. The molecular weight excluding hydrogens is 426 g/mol. The Morgan fingerprint density at radius 1 is 0.968 bits per heavy atom. The van der Waals surface area contributed by atoms with Gasteiger partial charge in [-0.3, -0.25) is 0 Å². The van der Waals surface area contributed by atoms with Gasteiger partial charge in [0, 0.05) is 17.0 Å². The number of thiophene rings is 1. The van der Waals surface area contributed by atoms with Crippen LogP contribution in [-0.2, 0) is 13.0 Å². The van der Waals surface area contributed by atoms with Crippen LogP contribution in [0.3, 0.4) is 0 Å². The number of hydrogen-bond acceptors (Lipinski definition) is 7. The molecule has 2 aromatic carbocycles. The van der Waals surface area contributed by atoms with Crippen LogP contribution in [0.2, 0.25) is 0 Å². The van der Waals surface area contributed by atoms with Crippen LogP contribution in [0.5, 0.6) is 0 Å². The van der Waals surface area contributed by atoms with Gasteiger partial charge in [0.25, 0.3) is 0 Å². The highest BCUT2D eigenvalue weighted by atomic mass is 32.2. The van der Waals surface area contributed by atoms with Crippen LogP contribution in [-0.4, -0.2) is 24.9 Å². The van der Waals surface area contributed by atoms with Gasteiger partial charge in [-0.05, 0) is 23.4 Å². The predicted molar refractivity (Wildman–Crippen MR) is 122 cm³/mol. The van der Waals surface area contributed by atoms with Crippen molar-refractivity contribution in [1.29, 1.82) is 0 Å². The Balaban J connectivity index is 1.42. The maximum Gasteiger partial charge on any atom is 0.245 e. The van der Waals surface area contributed by atoms with Crippen LogP contribution >= 0.6 is 23.1 Å². The molecule has 154 valence electrons. The van der Waals surface area contributed by atoms with Crippen molar-refractivity contribution < 1.29 is 4.52 Å². The molecule has 0 aliphatic rings. The fourth-order valence-corrected chi connectivity index (χ4v) is 4.98. The van der Waals surface area contributed by atoms with Crippen molar-refractivity contribution in [2.24, 2.45) is 0 Å². The van der Waals surface area contributed by atoms with E-state index in [2.05, 4.69) is 49.6 Å². The van der Waals surface area contributed by atoms with Crippen LogP contribution < -0.4 is 0 Å². The van der Waals surface area contributed by atoms with Gasteiger partial charge < -0.3 is 9.09 Å². The molecule has 0 aliphatic carbocycles. The lowest BCUT2D eigenvalue weighted by atomic mass is 10.1. The fraction of sp³-hybridized carbons (Fsp3) is 0.130. The smallest absolute Gasteiger partial charge is 0.245 e. The summed E-state index contributed by atoms with van der Waals surface area (Å²) in [5, 5.41) is 15.5. The van der Waals surface area contributed by atoms with Gasteiger partial charge in [0.2, 0.25) is 11.7 Å². The number of aryl methyl sites for hydroxylation is 2. The molecule has 8 heteroatoms. The molecule has 0 saturated heterocycles. The largest absolute Gasteiger partial charge is 0.337 e. The van der Waals surface area contributed by atoms with Crippen LogP contribution in [0.25, 0.3) is 11.4 Å². The minimum absolute atomic E-state index is 0.184. The molecule has 0 fully saturated rings. The second-order valence-corrected chi connectivity index (χ2v) is 8.97. The van der Waals surface area contributed by atoms with Gasteiger partial charge in [0.15, 0.2) is 5.16 Å². The molecule has 5 aromatic rings. The van der Waals surface area contributed by atoms with E-state index in [1.807, 2.05) is 48.5 Å². The van der Waals surface area contributed by atoms with Gasteiger partial charge in [-0.1, -0.05) is 83.6 Å². The van der Waals surface area contributed by atoms with Gasteiger partial charge >= 0.3 is 0 Å². The summed E-state index contributed by atoms with van der Waals surface area (Å²) >= 11 is 3.34. The Bertz CT molecular complexity index is 1220. The molecule has 0 bridgehead atoms. The van der Waals surface area contributed by atoms with Crippen molar-refractivity contribution in [2.45, 2.75) is 23.4 Å². The van der Waals surface area contributed by atoms with E-state index in [1.165, 1.54) is 4.88 Å². The van der Waals surface area contributed by atoms with E-state index >= 15 is 0 Å². The van der Waals surface area contributed by atoms with E-state index in [0.29, 0.717) is 11.7 Å². The zero-order valence-electron chi connectivity index (χ0n) is 16.5. The Morgan fingerprint density at radius 3 is 2.55 bits per heavy atom. The van der Waals surface area contributed by atoms with Crippen molar-refractivity contribution in [3.05, 3.63) is 101 Å². The van der Waals surface area contributed by atoms with Crippen LogP contribution in [0.4, 0.5) is 0 Å². The minimum atomic E-state index is -0.184. The first-order valence-corrected chi connectivity index (χ1v) is 11.6. The molecule has 5 rings (SSSR count). The fourth-order valence-electron chi connectivity index (χ4n) is 3.21. The van der Waals surface area contributed by atoms with Crippen LogP contribution in [0.1, 0.15) is 21.6 Å². The highest BCUT2D eigenvalue weighted by molar-refractivity contribution is 7.99. The number of benzene rings is 2. The lowest BCUT2D eigenvalue weighted by molar-refractivity contribution is 0.384. The van der Waals surface area contributed by atoms with Crippen molar-refractivity contribution in [3.63, 3.8) is 0 Å². The van der Waals surface area contributed by atoms with E-state index in [0.717, 1.165) is 29.2 Å². The molecule has 31 heavy (non-hydrogen) atoms. The maximum atomic E-state index is 5.71.